The zero-order valence-electron chi connectivity index (χ0n) is 13.9. The Balaban J connectivity index is 1.63. The van der Waals surface area contributed by atoms with Crippen molar-refractivity contribution in [2.75, 3.05) is 6.61 Å². The van der Waals surface area contributed by atoms with Crippen molar-refractivity contribution >= 4 is 17.7 Å². The first kappa shape index (κ1) is 16.4. The lowest BCUT2D eigenvalue weighted by Crippen LogP contribution is -2.46. The number of rotatable bonds is 5. The van der Waals surface area contributed by atoms with E-state index in [9.17, 15) is 14.4 Å². The van der Waals surface area contributed by atoms with E-state index in [1.807, 2.05) is 0 Å². The van der Waals surface area contributed by atoms with Gasteiger partial charge in [0.15, 0.2) is 0 Å². The van der Waals surface area contributed by atoms with Crippen LogP contribution in [0.1, 0.15) is 52.4 Å². The summed E-state index contributed by atoms with van der Waals surface area (Å²) >= 11 is 0. The van der Waals surface area contributed by atoms with Crippen molar-refractivity contribution in [2.45, 2.75) is 70.6 Å². The van der Waals surface area contributed by atoms with Gasteiger partial charge in [-0.05, 0) is 37.5 Å². The van der Waals surface area contributed by atoms with Crippen LogP contribution in [-0.2, 0) is 19.1 Å². The Morgan fingerprint density at radius 1 is 1.30 bits per heavy atom. The van der Waals surface area contributed by atoms with Crippen molar-refractivity contribution in [3.8, 4) is 0 Å². The molecule has 128 valence electrons. The van der Waals surface area contributed by atoms with E-state index in [4.69, 9.17) is 4.74 Å². The van der Waals surface area contributed by atoms with E-state index >= 15 is 0 Å². The van der Waals surface area contributed by atoms with Crippen LogP contribution in [0.2, 0.25) is 0 Å². The van der Waals surface area contributed by atoms with Gasteiger partial charge >= 0.3 is 0 Å². The van der Waals surface area contributed by atoms with Gasteiger partial charge < -0.3 is 9.64 Å². The van der Waals surface area contributed by atoms with E-state index in [0.29, 0.717) is 24.9 Å². The molecule has 1 aliphatic carbocycles. The largest absolute Gasteiger partial charge is 0.378 e. The second kappa shape index (κ2) is 6.59. The van der Waals surface area contributed by atoms with Crippen LogP contribution in [0.4, 0.5) is 0 Å². The summed E-state index contributed by atoms with van der Waals surface area (Å²) in [5, 5.41) is 2.32. The zero-order chi connectivity index (χ0) is 16.6. The third-order valence-corrected chi connectivity index (χ3v) is 5.14. The molecule has 1 saturated carbocycles. The fourth-order valence-corrected chi connectivity index (χ4v) is 3.65. The summed E-state index contributed by atoms with van der Waals surface area (Å²) in [7, 11) is 0. The minimum Gasteiger partial charge on any atom is -0.378 e. The molecule has 6 nitrogen and oxygen atoms in total. The normalized spacial score (nSPS) is 31.3. The minimum absolute atomic E-state index is 0.0248. The van der Waals surface area contributed by atoms with Crippen LogP contribution in [0, 0.1) is 11.8 Å². The average molecular weight is 322 g/mol. The number of carbonyl (C=O) groups excluding carboxylic acids is 3. The highest BCUT2D eigenvalue weighted by Crippen LogP contribution is 2.34. The average Bonchev–Trinajstić information content (AvgIpc) is 3.25. The van der Waals surface area contributed by atoms with Crippen LogP contribution in [0.25, 0.3) is 0 Å². The number of hydrogen-bond acceptors (Lipinski definition) is 4. The molecule has 3 atom stereocenters. The number of nitrogens with one attached hydrogen (secondary N) is 1. The summed E-state index contributed by atoms with van der Waals surface area (Å²) < 4.78 is 5.77. The Kier molecular flexibility index (Phi) is 4.71. The predicted octanol–water partition coefficient (Wildman–Crippen LogP) is 1.23. The second-order valence-electron chi connectivity index (χ2n) is 7.41. The Morgan fingerprint density at radius 2 is 2.04 bits per heavy atom. The number of imide groups is 1. The molecule has 0 bridgehead atoms. The van der Waals surface area contributed by atoms with E-state index in [0.717, 1.165) is 25.7 Å². The molecule has 23 heavy (non-hydrogen) atoms. The SMILES string of the molecule is CC(C)[C@@H]1C[C@H](CC(=O)N(C2CC2)[C@H]2CC(=O)NC2=O)CCO1. The van der Waals surface area contributed by atoms with Gasteiger partial charge in [-0.15, -0.1) is 0 Å². The van der Waals surface area contributed by atoms with Crippen LogP contribution in [-0.4, -0.2) is 47.4 Å². The van der Waals surface area contributed by atoms with Gasteiger partial charge in [0.05, 0.1) is 12.5 Å². The first-order valence-electron chi connectivity index (χ1n) is 8.72. The van der Waals surface area contributed by atoms with Gasteiger partial charge in [-0.1, -0.05) is 13.8 Å². The Labute approximate surface area is 136 Å². The number of carbonyl (C=O) groups is 3. The maximum absolute atomic E-state index is 12.8. The maximum atomic E-state index is 12.8. The highest BCUT2D eigenvalue weighted by atomic mass is 16.5. The second-order valence-corrected chi connectivity index (χ2v) is 7.41. The molecule has 3 fully saturated rings. The van der Waals surface area contributed by atoms with Crippen LogP contribution in [0.3, 0.4) is 0 Å². The lowest BCUT2D eigenvalue weighted by atomic mass is 9.87. The molecule has 0 aromatic rings. The highest BCUT2D eigenvalue weighted by molar-refractivity contribution is 6.06. The molecule has 0 unspecified atom stereocenters. The lowest BCUT2D eigenvalue weighted by molar-refractivity contribution is -0.141. The fraction of sp³-hybridized carbons (Fsp3) is 0.824. The van der Waals surface area contributed by atoms with Crippen LogP contribution < -0.4 is 5.32 Å². The quantitative estimate of drug-likeness (QED) is 0.773. The van der Waals surface area contributed by atoms with Crippen molar-refractivity contribution in [3.63, 3.8) is 0 Å². The minimum atomic E-state index is -0.594. The van der Waals surface area contributed by atoms with Crippen molar-refractivity contribution in [1.29, 1.82) is 0 Å². The first-order chi connectivity index (χ1) is 11.0. The standard InChI is InChI=1S/C17H26N2O4/c1-10(2)14-7-11(5-6-23-14)8-16(21)19(12-3-4-12)13-9-15(20)18-17(13)22/h10-14H,3-9H2,1-2H3,(H,18,20,22)/t11-,13+,14+/m1/s1. The lowest BCUT2D eigenvalue weighted by Gasteiger charge is -2.34. The maximum Gasteiger partial charge on any atom is 0.249 e. The molecule has 3 rings (SSSR count). The third-order valence-electron chi connectivity index (χ3n) is 5.14. The molecule has 0 aromatic heterocycles. The van der Waals surface area contributed by atoms with Gasteiger partial charge in [0.1, 0.15) is 6.04 Å². The molecule has 6 heteroatoms. The van der Waals surface area contributed by atoms with Gasteiger partial charge in [-0.2, -0.15) is 0 Å². The van der Waals surface area contributed by atoms with Gasteiger partial charge in [-0.25, -0.2) is 0 Å². The number of ether oxygens (including phenoxy) is 1. The summed E-state index contributed by atoms with van der Waals surface area (Å²) in [6.45, 7) is 4.98. The van der Waals surface area contributed by atoms with E-state index in [1.54, 1.807) is 4.90 Å². The first-order valence-corrected chi connectivity index (χ1v) is 8.72. The number of amides is 3. The highest BCUT2D eigenvalue weighted by Gasteiger charge is 2.45. The zero-order valence-corrected chi connectivity index (χ0v) is 13.9. The number of nitrogens with zero attached hydrogens (tertiary/aromatic N) is 1. The summed E-state index contributed by atoms with van der Waals surface area (Å²) in [6, 6.07) is -0.451. The van der Waals surface area contributed by atoms with E-state index in [2.05, 4.69) is 19.2 Å². The molecule has 1 N–H and O–H groups in total. The molecule has 2 aliphatic heterocycles. The van der Waals surface area contributed by atoms with E-state index < -0.39 is 6.04 Å². The van der Waals surface area contributed by atoms with Crippen molar-refractivity contribution in [3.05, 3.63) is 0 Å². The number of hydrogen-bond donors (Lipinski definition) is 1. The molecular formula is C17H26N2O4. The summed E-state index contributed by atoms with van der Waals surface area (Å²) in [5.74, 6) is 0.194. The molecule has 3 aliphatic rings. The van der Waals surface area contributed by atoms with E-state index in [-0.39, 0.29) is 36.3 Å². The molecule has 3 amide bonds. The fourth-order valence-electron chi connectivity index (χ4n) is 3.65. The molecule has 0 spiro atoms. The monoisotopic (exact) mass is 322 g/mol. The molecule has 0 radical (unpaired) electrons. The van der Waals surface area contributed by atoms with Crippen LogP contribution in [0.5, 0.6) is 0 Å². The van der Waals surface area contributed by atoms with Gasteiger partial charge in [0.2, 0.25) is 17.7 Å². The summed E-state index contributed by atoms with van der Waals surface area (Å²) in [4.78, 5) is 37.9. The smallest absolute Gasteiger partial charge is 0.249 e. The van der Waals surface area contributed by atoms with Crippen molar-refractivity contribution in [1.82, 2.24) is 10.2 Å². The molecule has 0 aromatic carbocycles. The van der Waals surface area contributed by atoms with Crippen LogP contribution >= 0.6 is 0 Å². The Morgan fingerprint density at radius 3 is 2.61 bits per heavy atom. The van der Waals surface area contributed by atoms with E-state index in [1.165, 1.54) is 0 Å². The molecule has 2 saturated heterocycles. The van der Waals surface area contributed by atoms with Crippen LogP contribution in [0.15, 0.2) is 0 Å². The van der Waals surface area contributed by atoms with Gasteiger partial charge in [-0.3, -0.25) is 19.7 Å². The topological polar surface area (TPSA) is 75.7 Å². The molecule has 2 heterocycles. The summed E-state index contributed by atoms with van der Waals surface area (Å²) in [6.07, 6.45) is 4.45. The molecular weight excluding hydrogens is 296 g/mol. The van der Waals surface area contributed by atoms with Gasteiger partial charge in [0.25, 0.3) is 0 Å². The Hall–Kier alpha value is -1.43. The van der Waals surface area contributed by atoms with Crippen molar-refractivity contribution in [2.24, 2.45) is 11.8 Å². The predicted molar refractivity (Wildman–Crippen MR) is 83.3 cm³/mol. The van der Waals surface area contributed by atoms with Gasteiger partial charge in [0, 0.05) is 19.1 Å². The summed E-state index contributed by atoms with van der Waals surface area (Å²) in [5.41, 5.74) is 0. The Bertz CT molecular complexity index is 501. The van der Waals surface area contributed by atoms with Crippen molar-refractivity contribution < 1.29 is 19.1 Å². The third kappa shape index (κ3) is 3.74.